The maximum absolute atomic E-state index is 13.3. The predicted molar refractivity (Wildman–Crippen MR) is 590 cm³/mol. The van der Waals surface area contributed by atoms with E-state index in [-0.39, 0.29) is 18.0 Å². The van der Waals surface area contributed by atoms with Crippen molar-refractivity contribution in [3.8, 4) is 55.6 Å². The monoisotopic (exact) mass is 2000 g/mol. The molecule has 31 heteroatoms. The summed E-state index contributed by atoms with van der Waals surface area (Å²) in [7, 11) is 7.95. The number of benzene rings is 12. The summed E-state index contributed by atoms with van der Waals surface area (Å²) < 4.78 is 0. The second-order valence-electron chi connectivity index (χ2n) is 37.3. The zero-order valence-corrected chi connectivity index (χ0v) is 87.2. The number of amides is 11. The normalized spacial score (nSPS) is 14.2. The van der Waals surface area contributed by atoms with Crippen LogP contribution in [0.3, 0.4) is 0 Å². The summed E-state index contributed by atoms with van der Waals surface area (Å²) in [6, 6.07) is 64.5. The molecule has 12 aromatic carbocycles. The molecule has 3 saturated heterocycles. The Morgan fingerprint density at radius 3 is 0.810 bits per heavy atom. The number of nitrogens with one attached hydrogen (secondary N) is 8. The molecule has 0 aromatic heterocycles. The molecule has 11 amide bonds. The topological polar surface area (TPSA) is 408 Å². The van der Waals surface area contributed by atoms with Gasteiger partial charge in [0.1, 0.15) is 30.2 Å². The fourth-order valence-corrected chi connectivity index (χ4v) is 19.4. The van der Waals surface area contributed by atoms with Crippen molar-refractivity contribution < 1.29 is 78.3 Å². The second-order valence-corrected chi connectivity index (χ2v) is 37.3. The molecule has 13 N–H and O–H groups in total. The van der Waals surface area contributed by atoms with Crippen molar-refractivity contribution in [1.82, 2.24) is 25.3 Å². The number of carboxylic acids is 5. The van der Waals surface area contributed by atoms with E-state index in [1.807, 2.05) is 244 Å². The molecule has 147 heavy (non-hydrogen) atoms. The van der Waals surface area contributed by atoms with Crippen molar-refractivity contribution in [2.24, 2.45) is 0 Å². The Balaban J connectivity index is 0.000000175. The Morgan fingerprint density at radius 1 is 0.299 bits per heavy atom. The number of aliphatic carboxylic acids is 5. The Kier molecular flexibility index (Phi) is 38.2. The number of carboxylic acid groups (broad SMARTS) is 5. The van der Waals surface area contributed by atoms with Gasteiger partial charge in [-0.25, -0.2) is 38.4 Å². The van der Waals surface area contributed by atoms with Gasteiger partial charge in [0.15, 0.2) is 0 Å². The minimum Gasteiger partial charge on any atom is -0.480 e. The largest absolute Gasteiger partial charge is 0.480 e. The van der Waals surface area contributed by atoms with Crippen LogP contribution >= 0.6 is 0 Å². The lowest BCUT2D eigenvalue weighted by atomic mass is 9.91. The molecular formula is C116H137N15O16. The van der Waals surface area contributed by atoms with E-state index in [2.05, 4.69) is 148 Å². The van der Waals surface area contributed by atoms with E-state index in [1.54, 1.807) is 0 Å². The number of carbonyl (C=O) groups is 11. The molecular weight excluding hydrogens is 1860 g/mol. The van der Waals surface area contributed by atoms with Crippen LogP contribution in [0.4, 0.5) is 80.8 Å². The third kappa shape index (κ3) is 26.6. The molecule has 15 rings (SSSR count). The van der Waals surface area contributed by atoms with Gasteiger partial charge in [0.25, 0.3) is 0 Å². The van der Waals surface area contributed by atoms with Gasteiger partial charge in [-0.3, -0.25) is 14.4 Å². The average molecular weight is 2000 g/mol. The average Bonchev–Trinajstić information content (AvgIpc) is 1.32. The highest BCUT2D eigenvalue weighted by Gasteiger charge is 2.39. The van der Waals surface area contributed by atoms with E-state index in [9.17, 15) is 68.1 Å². The summed E-state index contributed by atoms with van der Waals surface area (Å²) in [5.41, 5.74) is 26.5. The summed E-state index contributed by atoms with van der Waals surface area (Å²) in [6.45, 7) is 33.9. The van der Waals surface area contributed by atoms with Gasteiger partial charge in [0, 0.05) is 165 Å². The van der Waals surface area contributed by atoms with Gasteiger partial charge >= 0.3 is 60.0 Å². The zero-order chi connectivity index (χ0) is 107. The van der Waals surface area contributed by atoms with Crippen molar-refractivity contribution in [1.29, 1.82) is 0 Å². The lowest BCUT2D eigenvalue weighted by Crippen LogP contribution is -2.42. The van der Waals surface area contributed by atoms with E-state index in [1.165, 1.54) is 35.5 Å². The molecule has 5 unspecified atom stereocenters. The number of aryl methyl sites for hydroxylation is 8. The molecule has 0 bridgehead atoms. The van der Waals surface area contributed by atoms with Crippen LogP contribution in [0.1, 0.15) is 131 Å². The predicted octanol–water partition coefficient (Wildman–Crippen LogP) is 22.8. The molecule has 31 nitrogen and oxygen atoms in total. The number of urea groups is 5. The van der Waals surface area contributed by atoms with Crippen LogP contribution in [-0.4, -0.2) is 210 Å². The van der Waals surface area contributed by atoms with Crippen LogP contribution in [0.15, 0.2) is 218 Å². The first-order valence-electron chi connectivity index (χ1n) is 49.6. The zero-order valence-electron chi connectivity index (χ0n) is 87.2. The molecule has 12 aromatic rings. The van der Waals surface area contributed by atoms with E-state index < -0.39 is 78.1 Å². The maximum Gasteiger partial charge on any atom is 0.326 e. The number of anilines is 10. The summed E-state index contributed by atoms with van der Waals surface area (Å²) in [5.74, 6) is -5.27. The van der Waals surface area contributed by atoms with E-state index >= 15 is 0 Å². The van der Waals surface area contributed by atoms with Crippen molar-refractivity contribution in [3.63, 3.8) is 0 Å². The lowest BCUT2D eigenvalue weighted by Gasteiger charge is -2.28. The Labute approximate surface area is 859 Å². The fourth-order valence-electron chi connectivity index (χ4n) is 19.4. The molecule has 5 atom stereocenters. The molecule has 3 heterocycles. The highest BCUT2D eigenvalue weighted by Crippen LogP contribution is 2.48. The van der Waals surface area contributed by atoms with Crippen LogP contribution < -0.4 is 62.1 Å². The molecule has 3 fully saturated rings. The number of hydrogen-bond donors (Lipinski definition) is 13. The first-order valence-corrected chi connectivity index (χ1v) is 49.6. The van der Waals surface area contributed by atoms with Crippen molar-refractivity contribution >= 4 is 144 Å². The number of fused-ring (bicyclic) bond motifs is 2. The van der Waals surface area contributed by atoms with Gasteiger partial charge < -0.3 is 102 Å². The number of rotatable bonds is 26. The molecule has 0 aliphatic carbocycles. The summed E-state index contributed by atoms with van der Waals surface area (Å²) in [4.78, 5) is 145. The molecule has 0 saturated carbocycles. The van der Waals surface area contributed by atoms with E-state index in [4.69, 9.17) is 10.2 Å². The number of nitrogens with zero attached hydrogens (tertiary/aromatic N) is 7. The molecule has 3 aliphatic rings. The lowest BCUT2D eigenvalue weighted by molar-refractivity contribution is -0.142. The van der Waals surface area contributed by atoms with Gasteiger partial charge in [-0.15, -0.1) is 0 Å². The van der Waals surface area contributed by atoms with Gasteiger partial charge in [-0.2, -0.15) is 0 Å². The maximum atomic E-state index is 13.3. The van der Waals surface area contributed by atoms with Crippen molar-refractivity contribution in [2.75, 3.05) is 126 Å². The number of likely N-dealkylation sites (tertiary alicyclic amines) is 3. The van der Waals surface area contributed by atoms with Crippen LogP contribution in [0, 0.1) is 55.4 Å². The second kappa shape index (κ2) is 50.7. The number of hydrogen-bond acceptors (Lipinski definition) is 15. The summed E-state index contributed by atoms with van der Waals surface area (Å²) in [5, 5.41) is 72.6. The van der Waals surface area contributed by atoms with E-state index in [0.717, 1.165) is 171 Å². The van der Waals surface area contributed by atoms with Crippen molar-refractivity contribution in [3.05, 3.63) is 263 Å². The first-order chi connectivity index (χ1) is 70.1. The molecule has 772 valence electrons. The summed E-state index contributed by atoms with van der Waals surface area (Å²) in [6.07, 6.45) is 3.47. The Bertz CT molecular complexity index is 6870. The number of carbonyl (C=O) groups excluding carboxylic acids is 6. The molecule has 0 radical (unpaired) electrons. The quantitative estimate of drug-likeness (QED) is 0.0239. The highest BCUT2D eigenvalue weighted by atomic mass is 16.4. The standard InChI is InChI=1S/C28H25N3O4.C24H31N3O3.C22H27N3O3.C22H29N3O3.C20H25N3O3/c1-17(32)29-22-14-12-18-7-2-4-9-20(18)25(22)26-21-10-5-3-8-19(21)13-15-23(26)30-28(35)31-16-6-11-24(31)27(33)34;1-5-26(6-2)19-13-8-11-17(4)22(19)21-16(3)10-7-12-18(21)25-24(30)27-15-9-14-20(27)23(28)29;1-14-8-5-10-16(23-22(28)25-13-7-12-18(25)21(26)27)19(14)20-15(2)9-6-11-17(20)24(3)4;1-6-25(7-2)18-13-9-11-15(4)20(18)19-14(3)10-8-12-17(19)24-22(28)23-16(5)21(26)27;1-12-8-6-10-15(22-20(26)21-14(3)19(24)25)17(12)18-13(2)9-7-11-16(18)23(4)5/h2-5,7-10,12-15,24H,6,11,16H2,1H3,(H,29,32)(H,30,35)(H,33,34);7-8,10-13,20H,5-6,9,14-15H2,1-4H3,(H,25,30)(H,28,29);5-6,8-11,18H,7,12-13H2,1-4H3,(H,23,28)(H,26,27);8-13,16H,6-7H2,1-5H3,(H,26,27)(H2,23,24,28);6-11,14H,1-5H3,(H,24,25)(H2,21,22,26). The minimum atomic E-state index is -1.08. The SMILES string of the molecule is CC(=O)Nc1ccc2ccccc2c1-c1c(NC(=O)N2CCCC2C(=O)O)ccc2ccccc12.CCN(CC)c1cccc(C)c1-c1c(C)cccc1NC(=O)N1CCCC1C(=O)O.CCN(CC)c1cccc(C)c1-c1c(C)cccc1NC(=O)NC(C)C(=O)O.Cc1cccc(NC(=O)N2CCCC2C(=O)O)c1-c1c(C)cccc1N(C)C.Cc1cccc(NC(=O)NC(C)C(=O)O)c1-c1c(C)cccc1N(C)C. The molecule has 0 spiro atoms. The first kappa shape index (κ1) is 111. The Hall–Kier alpha value is -16.5. The van der Waals surface area contributed by atoms with Gasteiger partial charge in [-0.05, 0) is 262 Å². The third-order valence-electron chi connectivity index (χ3n) is 26.7. The van der Waals surface area contributed by atoms with Crippen LogP contribution in [0.25, 0.3) is 77.2 Å². The molecule has 3 aliphatic heterocycles. The summed E-state index contributed by atoms with van der Waals surface area (Å²) >= 11 is 0. The third-order valence-corrected chi connectivity index (χ3v) is 26.7. The smallest absolute Gasteiger partial charge is 0.326 e. The highest BCUT2D eigenvalue weighted by molar-refractivity contribution is 6.17. The minimum absolute atomic E-state index is 0.200. The van der Waals surface area contributed by atoms with Gasteiger partial charge in [-0.1, -0.05) is 158 Å². The van der Waals surface area contributed by atoms with E-state index in [0.29, 0.717) is 92.3 Å². The Morgan fingerprint density at radius 2 is 0.544 bits per heavy atom. The van der Waals surface area contributed by atoms with Gasteiger partial charge in [0.2, 0.25) is 5.91 Å². The van der Waals surface area contributed by atoms with Crippen LogP contribution in [0.2, 0.25) is 0 Å². The fraction of sp³-hybridized carbons (Fsp3) is 0.319. The van der Waals surface area contributed by atoms with Crippen molar-refractivity contribution in [2.45, 2.75) is 173 Å². The van der Waals surface area contributed by atoms with Crippen LogP contribution in [-0.2, 0) is 28.8 Å². The van der Waals surface area contributed by atoms with Gasteiger partial charge in [0.05, 0.1) is 28.4 Å². The van der Waals surface area contributed by atoms with Crippen LogP contribution in [0.5, 0.6) is 0 Å².